The second-order valence-corrected chi connectivity index (χ2v) is 6.45. The molecule has 2 rings (SSSR count). The van der Waals surface area contributed by atoms with Crippen molar-refractivity contribution in [3.63, 3.8) is 0 Å². The van der Waals surface area contributed by atoms with Gasteiger partial charge >= 0.3 is 0 Å². The van der Waals surface area contributed by atoms with Gasteiger partial charge < -0.3 is 5.73 Å². The van der Waals surface area contributed by atoms with Gasteiger partial charge in [-0.05, 0) is 43.5 Å². The minimum absolute atomic E-state index is 0.268. The predicted octanol–water partition coefficient (Wildman–Crippen LogP) is 3.47. The van der Waals surface area contributed by atoms with Gasteiger partial charge in [0.2, 0.25) is 0 Å². The molecule has 20 heavy (non-hydrogen) atoms. The van der Waals surface area contributed by atoms with Gasteiger partial charge in [0, 0.05) is 18.2 Å². The normalized spacial score (nSPS) is 23.0. The molecular formula is C16H23FN2S. The summed E-state index contributed by atoms with van der Waals surface area (Å²) in [6, 6.07) is 5.32. The number of hydrogen-bond donors (Lipinski definition) is 1. The Morgan fingerprint density at radius 1 is 1.45 bits per heavy atom. The molecule has 4 heteroatoms. The van der Waals surface area contributed by atoms with E-state index in [0.29, 0.717) is 11.6 Å². The second kappa shape index (κ2) is 6.64. The van der Waals surface area contributed by atoms with Crippen LogP contribution in [-0.2, 0) is 6.54 Å². The first-order chi connectivity index (χ1) is 9.47. The van der Waals surface area contributed by atoms with Gasteiger partial charge in [-0.3, -0.25) is 4.90 Å². The third kappa shape index (κ3) is 3.76. The molecule has 110 valence electrons. The molecule has 0 aliphatic heterocycles. The quantitative estimate of drug-likeness (QED) is 0.862. The molecule has 0 spiro atoms. The van der Waals surface area contributed by atoms with Crippen LogP contribution in [-0.4, -0.2) is 23.0 Å². The number of halogens is 1. The molecule has 1 aliphatic rings. The molecule has 0 amide bonds. The summed E-state index contributed by atoms with van der Waals surface area (Å²) in [4.78, 5) is 2.62. The lowest BCUT2D eigenvalue weighted by atomic mass is 9.86. The first-order valence-corrected chi connectivity index (χ1v) is 7.66. The summed E-state index contributed by atoms with van der Waals surface area (Å²) in [7, 11) is 2.13. The van der Waals surface area contributed by atoms with Gasteiger partial charge in [0.25, 0.3) is 0 Å². The van der Waals surface area contributed by atoms with Gasteiger partial charge in [0.15, 0.2) is 0 Å². The van der Waals surface area contributed by atoms with E-state index < -0.39 is 0 Å². The molecule has 0 saturated heterocycles. The van der Waals surface area contributed by atoms with E-state index in [1.807, 2.05) is 0 Å². The van der Waals surface area contributed by atoms with Crippen molar-refractivity contribution in [3.05, 3.63) is 35.1 Å². The van der Waals surface area contributed by atoms with Crippen LogP contribution < -0.4 is 5.73 Å². The van der Waals surface area contributed by atoms with Gasteiger partial charge in [-0.1, -0.05) is 38.0 Å². The Morgan fingerprint density at radius 3 is 2.85 bits per heavy atom. The zero-order valence-corrected chi connectivity index (χ0v) is 13.0. The third-order valence-electron chi connectivity index (χ3n) is 4.29. The maximum absolute atomic E-state index is 13.3. The molecule has 1 aromatic rings. The van der Waals surface area contributed by atoms with Crippen LogP contribution in [0.4, 0.5) is 4.39 Å². The molecule has 2 nitrogen and oxygen atoms in total. The molecule has 0 bridgehead atoms. The Kier molecular flexibility index (Phi) is 5.11. The minimum Gasteiger partial charge on any atom is -0.389 e. The summed E-state index contributed by atoms with van der Waals surface area (Å²) >= 11 is 5.03. The Labute approximate surface area is 126 Å². The first-order valence-electron chi connectivity index (χ1n) is 7.26. The number of hydrogen-bond acceptors (Lipinski definition) is 2. The van der Waals surface area contributed by atoms with Crippen molar-refractivity contribution in [1.82, 2.24) is 4.90 Å². The van der Waals surface area contributed by atoms with Gasteiger partial charge in [0.1, 0.15) is 10.8 Å². The number of benzene rings is 1. The molecule has 2 atom stereocenters. The molecule has 1 saturated carbocycles. The highest BCUT2D eigenvalue weighted by Gasteiger charge is 2.23. The van der Waals surface area contributed by atoms with Crippen LogP contribution in [0.15, 0.2) is 18.2 Å². The number of nitrogens with zero attached hydrogens (tertiary/aromatic N) is 1. The van der Waals surface area contributed by atoms with Crippen LogP contribution >= 0.6 is 12.2 Å². The van der Waals surface area contributed by atoms with Gasteiger partial charge in [0.05, 0.1) is 0 Å². The molecule has 0 heterocycles. The monoisotopic (exact) mass is 294 g/mol. The highest BCUT2D eigenvalue weighted by molar-refractivity contribution is 7.80. The van der Waals surface area contributed by atoms with E-state index in [9.17, 15) is 4.39 Å². The zero-order chi connectivity index (χ0) is 14.7. The average molecular weight is 294 g/mol. The molecule has 2 N–H and O–H groups in total. The Balaban J connectivity index is 2.11. The Bertz CT molecular complexity index is 489. The fourth-order valence-corrected chi connectivity index (χ4v) is 3.31. The molecule has 1 fully saturated rings. The van der Waals surface area contributed by atoms with Crippen LogP contribution in [0.5, 0.6) is 0 Å². The summed E-state index contributed by atoms with van der Waals surface area (Å²) < 4.78 is 13.3. The summed E-state index contributed by atoms with van der Waals surface area (Å²) in [5.74, 6) is 0.505. The van der Waals surface area contributed by atoms with Crippen molar-refractivity contribution < 1.29 is 4.39 Å². The predicted molar refractivity (Wildman–Crippen MR) is 85.2 cm³/mol. The summed E-state index contributed by atoms with van der Waals surface area (Å²) in [6.45, 7) is 3.09. The van der Waals surface area contributed by atoms with E-state index in [-0.39, 0.29) is 10.8 Å². The maximum Gasteiger partial charge on any atom is 0.123 e. The number of thiocarbonyl (C=S) groups is 1. The minimum atomic E-state index is -0.287. The van der Waals surface area contributed by atoms with Crippen LogP contribution in [0.3, 0.4) is 0 Å². The Hall–Kier alpha value is -1.00. The van der Waals surface area contributed by atoms with E-state index in [4.69, 9.17) is 18.0 Å². The van der Waals surface area contributed by atoms with Crippen molar-refractivity contribution in [1.29, 1.82) is 0 Å². The van der Waals surface area contributed by atoms with Crippen LogP contribution in [0.2, 0.25) is 0 Å². The summed E-state index contributed by atoms with van der Waals surface area (Å²) in [6.07, 6.45) is 5.10. The lowest BCUT2D eigenvalue weighted by molar-refractivity contribution is 0.157. The highest BCUT2D eigenvalue weighted by atomic mass is 32.1. The highest BCUT2D eigenvalue weighted by Crippen LogP contribution is 2.27. The zero-order valence-electron chi connectivity index (χ0n) is 12.2. The molecule has 1 aromatic carbocycles. The first kappa shape index (κ1) is 15.4. The lowest BCUT2D eigenvalue weighted by Crippen LogP contribution is -2.35. The SMILES string of the molecule is CC1CCCC(N(C)Cc2ccc(F)cc2C(N)=S)C1. The van der Waals surface area contributed by atoms with Crippen LogP contribution in [0, 0.1) is 11.7 Å². The van der Waals surface area contributed by atoms with E-state index >= 15 is 0 Å². The fourth-order valence-electron chi connectivity index (χ4n) is 3.12. The Morgan fingerprint density at radius 2 is 2.20 bits per heavy atom. The smallest absolute Gasteiger partial charge is 0.123 e. The van der Waals surface area contributed by atoms with Crippen molar-refractivity contribution in [2.75, 3.05) is 7.05 Å². The molecule has 0 aromatic heterocycles. The van der Waals surface area contributed by atoms with Gasteiger partial charge in [-0.2, -0.15) is 0 Å². The van der Waals surface area contributed by atoms with Gasteiger partial charge in [-0.25, -0.2) is 4.39 Å². The van der Waals surface area contributed by atoms with Crippen molar-refractivity contribution in [3.8, 4) is 0 Å². The molecular weight excluding hydrogens is 271 g/mol. The van der Waals surface area contributed by atoms with E-state index in [1.165, 1.54) is 37.8 Å². The maximum atomic E-state index is 13.3. The number of rotatable bonds is 4. The van der Waals surface area contributed by atoms with Crippen LogP contribution in [0.1, 0.15) is 43.7 Å². The second-order valence-electron chi connectivity index (χ2n) is 6.01. The topological polar surface area (TPSA) is 29.3 Å². The van der Waals surface area contributed by atoms with E-state index in [0.717, 1.165) is 18.0 Å². The molecule has 1 aliphatic carbocycles. The van der Waals surface area contributed by atoms with Gasteiger partial charge in [-0.15, -0.1) is 0 Å². The van der Waals surface area contributed by atoms with Crippen molar-refractivity contribution >= 4 is 17.2 Å². The summed E-state index contributed by atoms with van der Waals surface area (Å²) in [5, 5.41) is 0. The third-order valence-corrected chi connectivity index (χ3v) is 4.51. The molecule has 2 unspecified atom stereocenters. The molecule has 0 radical (unpaired) electrons. The van der Waals surface area contributed by atoms with Crippen molar-refractivity contribution in [2.45, 2.75) is 45.2 Å². The average Bonchev–Trinajstić information content (AvgIpc) is 2.40. The van der Waals surface area contributed by atoms with Crippen molar-refractivity contribution in [2.24, 2.45) is 11.7 Å². The van der Waals surface area contributed by atoms with E-state index in [1.54, 1.807) is 6.07 Å². The number of nitrogens with two attached hydrogens (primary N) is 1. The lowest BCUT2D eigenvalue weighted by Gasteiger charge is -2.34. The fraction of sp³-hybridized carbons (Fsp3) is 0.562. The summed E-state index contributed by atoms with van der Waals surface area (Å²) in [5.41, 5.74) is 7.38. The van der Waals surface area contributed by atoms with E-state index in [2.05, 4.69) is 18.9 Å². The van der Waals surface area contributed by atoms with Crippen LogP contribution in [0.25, 0.3) is 0 Å². The standard InChI is InChI=1S/C16H23FN2S/c1-11-4-3-5-14(8-11)19(2)10-12-6-7-13(17)9-15(12)16(18)20/h6-7,9,11,14H,3-5,8,10H2,1-2H3,(H2,18,20). The largest absolute Gasteiger partial charge is 0.389 e.